The molecular formula is C9H19N. The highest BCUT2D eigenvalue weighted by atomic mass is 14.9. The molecule has 0 aromatic heterocycles. The van der Waals surface area contributed by atoms with Gasteiger partial charge in [0.15, 0.2) is 0 Å². The van der Waals surface area contributed by atoms with Gasteiger partial charge in [-0.3, -0.25) is 0 Å². The lowest BCUT2D eigenvalue weighted by Gasteiger charge is -2.34. The van der Waals surface area contributed by atoms with Gasteiger partial charge in [0.2, 0.25) is 0 Å². The maximum atomic E-state index is 3.36. The van der Waals surface area contributed by atoms with Crippen molar-refractivity contribution in [3.05, 3.63) is 0 Å². The first-order valence-corrected chi connectivity index (χ1v) is 4.31. The van der Waals surface area contributed by atoms with Gasteiger partial charge in [0.25, 0.3) is 0 Å². The monoisotopic (exact) mass is 141 g/mol. The van der Waals surface area contributed by atoms with Crippen molar-refractivity contribution >= 4 is 0 Å². The van der Waals surface area contributed by atoms with Gasteiger partial charge >= 0.3 is 0 Å². The van der Waals surface area contributed by atoms with Crippen molar-refractivity contribution in [1.82, 2.24) is 5.32 Å². The Labute approximate surface area is 64.2 Å². The highest BCUT2D eigenvalue weighted by molar-refractivity contribution is 4.82. The Hall–Kier alpha value is -0.0400. The lowest BCUT2D eigenvalue weighted by Crippen LogP contribution is -2.34. The zero-order valence-electron chi connectivity index (χ0n) is 7.41. The molecule has 0 aliphatic heterocycles. The molecule has 0 heterocycles. The summed E-state index contributed by atoms with van der Waals surface area (Å²) in [6.07, 6.45) is 5.53. The third kappa shape index (κ3) is 1.98. The second-order valence-electron chi connectivity index (χ2n) is 4.25. The van der Waals surface area contributed by atoms with E-state index in [1.807, 2.05) is 0 Å². The van der Waals surface area contributed by atoms with Crippen LogP contribution in [0.5, 0.6) is 0 Å². The van der Waals surface area contributed by atoms with E-state index in [9.17, 15) is 0 Å². The van der Waals surface area contributed by atoms with Crippen LogP contribution in [0.25, 0.3) is 0 Å². The highest BCUT2D eigenvalue weighted by Crippen LogP contribution is 2.34. The standard InChI is InChI=1S/C9H19N/c1-9(2)6-4-5-8(7-9)10-3/h8,10H,4-7H2,1-3H3/t8-/m0/s1. The molecule has 1 aliphatic carbocycles. The molecule has 1 rings (SSSR count). The van der Waals surface area contributed by atoms with Crippen LogP contribution < -0.4 is 5.32 Å². The average molecular weight is 141 g/mol. The van der Waals surface area contributed by atoms with Gasteiger partial charge in [-0.1, -0.05) is 20.3 Å². The fourth-order valence-electron chi connectivity index (χ4n) is 1.94. The van der Waals surface area contributed by atoms with E-state index >= 15 is 0 Å². The zero-order valence-corrected chi connectivity index (χ0v) is 7.41. The van der Waals surface area contributed by atoms with Gasteiger partial charge < -0.3 is 5.32 Å². The molecule has 0 bridgehead atoms. The Kier molecular flexibility index (Phi) is 2.35. The van der Waals surface area contributed by atoms with Crippen LogP contribution in [0.2, 0.25) is 0 Å². The topological polar surface area (TPSA) is 12.0 Å². The number of rotatable bonds is 1. The van der Waals surface area contributed by atoms with Gasteiger partial charge in [0, 0.05) is 6.04 Å². The minimum Gasteiger partial charge on any atom is -0.317 e. The molecule has 0 aromatic rings. The number of nitrogens with one attached hydrogen (secondary N) is 1. The predicted octanol–water partition coefficient (Wildman–Crippen LogP) is 2.17. The first kappa shape index (κ1) is 8.06. The zero-order chi connectivity index (χ0) is 7.61. The molecule has 10 heavy (non-hydrogen) atoms. The van der Waals surface area contributed by atoms with E-state index in [2.05, 4.69) is 26.2 Å². The molecule has 1 fully saturated rings. The predicted molar refractivity (Wildman–Crippen MR) is 45.1 cm³/mol. The van der Waals surface area contributed by atoms with Crippen molar-refractivity contribution in [2.45, 2.75) is 45.6 Å². The average Bonchev–Trinajstić information content (AvgIpc) is 1.86. The van der Waals surface area contributed by atoms with Crippen LogP contribution in [0.1, 0.15) is 39.5 Å². The summed E-state index contributed by atoms with van der Waals surface area (Å²) in [5, 5.41) is 3.36. The van der Waals surface area contributed by atoms with E-state index in [1.54, 1.807) is 0 Å². The lowest BCUT2D eigenvalue weighted by molar-refractivity contribution is 0.204. The van der Waals surface area contributed by atoms with E-state index in [0.29, 0.717) is 5.41 Å². The fourth-order valence-corrected chi connectivity index (χ4v) is 1.94. The minimum absolute atomic E-state index is 0.589. The van der Waals surface area contributed by atoms with Crippen LogP contribution in [-0.2, 0) is 0 Å². The maximum Gasteiger partial charge on any atom is 0.00691 e. The highest BCUT2D eigenvalue weighted by Gasteiger charge is 2.26. The molecule has 1 aliphatic rings. The maximum absolute atomic E-state index is 3.36. The molecule has 0 amide bonds. The van der Waals surface area contributed by atoms with Crippen LogP contribution in [0.4, 0.5) is 0 Å². The molecule has 1 N–H and O–H groups in total. The summed E-state index contributed by atoms with van der Waals surface area (Å²) < 4.78 is 0. The second kappa shape index (κ2) is 2.91. The largest absolute Gasteiger partial charge is 0.317 e. The van der Waals surface area contributed by atoms with E-state index in [0.717, 1.165) is 6.04 Å². The first-order chi connectivity index (χ1) is 4.64. The van der Waals surface area contributed by atoms with Crippen molar-refractivity contribution in [3.63, 3.8) is 0 Å². The van der Waals surface area contributed by atoms with Crippen molar-refractivity contribution in [2.24, 2.45) is 5.41 Å². The third-order valence-electron chi connectivity index (χ3n) is 2.61. The van der Waals surface area contributed by atoms with Crippen LogP contribution in [0, 0.1) is 5.41 Å². The Morgan fingerprint density at radius 3 is 2.50 bits per heavy atom. The Bertz CT molecular complexity index is 107. The summed E-state index contributed by atoms with van der Waals surface area (Å²) in [6, 6.07) is 0.781. The van der Waals surface area contributed by atoms with Gasteiger partial charge in [-0.05, 0) is 31.7 Å². The third-order valence-corrected chi connectivity index (χ3v) is 2.61. The van der Waals surface area contributed by atoms with E-state index < -0.39 is 0 Å². The van der Waals surface area contributed by atoms with Crippen molar-refractivity contribution in [1.29, 1.82) is 0 Å². The fraction of sp³-hybridized carbons (Fsp3) is 1.00. The van der Waals surface area contributed by atoms with Crippen LogP contribution in [0.15, 0.2) is 0 Å². The van der Waals surface area contributed by atoms with Gasteiger partial charge in [0.05, 0.1) is 0 Å². The Morgan fingerprint density at radius 2 is 2.10 bits per heavy atom. The van der Waals surface area contributed by atoms with Gasteiger partial charge in [-0.2, -0.15) is 0 Å². The quantitative estimate of drug-likeness (QED) is 0.590. The van der Waals surface area contributed by atoms with Crippen molar-refractivity contribution < 1.29 is 0 Å². The van der Waals surface area contributed by atoms with Crippen LogP contribution in [-0.4, -0.2) is 13.1 Å². The molecule has 1 heteroatoms. The second-order valence-corrected chi connectivity index (χ2v) is 4.25. The normalized spacial score (nSPS) is 32.1. The van der Waals surface area contributed by atoms with Crippen LogP contribution >= 0.6 is 0 Å². The minimum atomic E-state index is 0.589. The van der Waals surface area contributed by atoms with E-state index in [-0.39, 0.29) is 0 Å². The van der Waals surface area contributed by atoms with Gasteiger partial charge in [-0.25, -0.2) is 0 Å². The van der Waals surface area contributed by atoms with Crippen molar-refractivity contribution in [3.8, 4) is 0 Å². The number of hydrogen-bond donors (Lipinski definition) is 1. The molecule has 0 aromatic carbocycles. The molecule has 60 valence electrons. The summed E-state index contributed by atoms with van der Waals surface area (Å²) in [6.45, 7) is 4.74. The summed E-state index contributed by atoms with van der Waals surface area (Å²) in [7, 11) is 2.08. The Morgan fingerprint density at radius 1 is 1.40 bits per heavy atom. The van der Waals surface area contributed by atoms with E-state index in [4.69, 9.17) is 0 Å². The SMILES string of the molecule is CN[C@H]1CCCC(C)(C)C1. The lowest BCUT2D eigenvalue weighted by atomic mass is 9.75. The molecule has 1 atom stereocenters. The smallest absolute Gasteiger partial charge is 0.00691 e. The van der Waals surface area contributed by atoms with Crippen molar-refractivity contribution in [2.75, 3.05) is 7.05 Å². The molecule has 1 nitrogen and oxygen atoms in total. The first-order valence-electron chi connectivity index (χ1n) is 4.31. The molecular weight excluding hydrogens is 122 g/mol. The summed E-state index contributed by atoms with van der Waals surface area (Å²) >= 11 is 0. The summed E-state index contributed by atoms with van der Waals surface area (Å²) in [5.41, 5.74) is 0.589. The van der Waals surface area contributed by atoms with E-state index in [1.165, 1.54) is 25.7 Å². The molecule has 0 spiro atoms. The molecule has 0 unspecified atom stereocenters. The van der Waals surface area contributed by atoms with Gasteiger partial charge in [-0.15, -0.1) is 0 Å². The summed E-state index contributed by atoms with van der Waals surface area (Å²) in [4.78, 5) is 0. The number of hydrogen-bond acceptors (Lipinski definition) is 1. The molecule has 0 radical (unpaired) electrons. The summed E-state index contributed by atoms with van der Waals surface area (Å²) in [5.74, 6) is 0. The Balaban J connectivity index is 2.40. The molecule has 0 saturated heterocycles. The molecule has 1 saturated carbocycles. The van der Waals surface area contributed by atoms with Gasteiger partial charge in [0.1, 0.15) is 0 Å². The van der Waals surface area contributed by atoms with Crippen LogP contribution in [0.3, 0.4) is 0 Å².